The van der Waals surface area contributed by atoms with E-state index in [1.54, 1.807) is 0 Å². The molecule has 0 saturated heterocycles. The summed E-state index contributed by atoms with van der Waals surface area (Å²) in [6, 6.07) is 2.21. The Morgan fingerprint density at radius 1 is 0.811 bits per heavy atom. The maximum absolute atomic E-state index is 13.8. The van der Waals surface area contributed by atoms with Gasteiger partial charge in [-0.15, -0.1) is 0 Å². The molecule has 0 bridgehead atoms. The Labute approximate surface area is 195 Å². The molecule has 0 spiro atoms. The molecule has 37 heavy (non-hydrogen) atoms. The second-order valence-corrected chi connectivity index (χ2v) is 7.15. The number of nitrogens with two attached hydrogens (primary N) is 1. The maximum Gasteiger partial charge on any atom is 0.421 e. The first-order valence-electron chi connectivity index (χ1n) is 9.00. The zero-order valence-electron chi connectivity index (χ0n) is 17.1. The maximum atomic E-state index is 13.8. The van der Waals surface area contributed by atoms with Gasteiger partial charge in [0, 0.05) is 5.70 Å². The fourth-order valence-corrected chi connectivity index (χ4v) is 3.32. The second kappa shape index (κ2) is 8.80. The van der Waals surface area contributed by atoms with E-state index in [2.05, 4.69) is 0 Å². The van der Waals surface area contributed by atoms with Gasteiger partial charge in [-0.05, 0) is 24.3 Å². The number of allylic oxidation sites excluding steroid dienone is 4. The van der Waals surface area contributed by atoms with Crippen molar-refractivity contribution < 1.29 is 65.9 Å². The molecule has 1 heterocycles. The van der Waals surface area contributed by atoms with Gasteiger partial charge in [0.25, 0.3) is 0 Å². The molecule has 0 aliphatic carbocycles. The topological polar surface area (TPSA) is 53.1 Å². The lowest BCUT2D eigenvalue weighted by atomic mass is 9.75. The summed E-state index contributed by atoms with van der Waals surface area (Å²) in [6.45, 7) is 0. The predicted molar refractivity (Wildman–Crippen MR) is 93.6 cm³/mol. The lowest BCUT2D eigenvalue weighted by molar-refractivity contribution is -0.306. The summed E-state index contributed by atoms with van der Waals surface area (Å²) in [5, 5.41) is 9.10. The fraction of sp³-hybridized carbons (Fsp3) is 0.316. The quantitative estimate of drug-likeness (QED) is 0.386. The van der Waals surface area contributed by atoms with Crippen molar-refractivity contribution in [3.63, 3.8) is 0 Å². The van der Waals surface area contributed by atoms with Gasteiger partial charge in [-0.3, -0.25) is 4.90 Å². The average molecular weight is 563 g/mol. The van der Waals surface area contributed by atoms with Crippen LogP contribution in [0.5, 0.6) is 0 Å². The molecule has 2 N–H and O–H groups in total. The van der Waals surface area contributed by atoms with Crippen LogP contribution in [0.4, 0.5) is 71.5 Å². The molecule has 0 unspecified atom stereocenters. The van der Waals surface area contributed by atoms with Crippen LogP contribution >= 0.6 is 0 Å². The smallest absolute Gasteiger partial charge is 0.384 e. The zero-order chi connectivity index (χ0) is 29.0. The van der Waals surface area contributed by atoms with Crippen LogP contribution in [0.1, 0.15) is 5.56 Å². The third kappa shape index (κ3) is 5.16. The number of halogens is 15. The molecule has 1 aliphatic rings. The first kappa shape index (κ1) is 29.7. The first-order valence-corrected chi connectivity index (χ1v) is 9.00. The van der Waals surface area contributed by atoms with E-state index < -0.39 is 87.3 Å². The van der Waals surface area contributed by atoms with Crippen LogP contribution in [0.25, 0.3) is 0 Å². The van der Waals surface area contributed by atoms with Crippen molar-refractivity contribution >= 4 is 5.69 Å². The number of nitriles is 1. The van der Waals surface area contributed by atoms with Crippen molar-refractivity contribution in [3.8, 4) is 6.07 Å². The fourth-order valence-electron chi connectivity index (χ4n) is 3.32. The number of rotatable bonds is 2. The number of alkyl halides is 15. The Kier molecular flexibility index (Phi) is 7.07. The molecule has 0 amide bonds. The monoisotopic (exact) mass is 563 g/mol. The van der Waals surface area contributed by atoms with Crippen molar-refractivity contribution in [1.29, 1.82) is 5.26 Å². The van der Waals surface area contributed by atoms with Gasteiger partial charge in [-0.25, -0.2) is 0 Å². The summed E-state index contributed by atoms with van der Waals surface area (Å²) in [4.78, 5) is -0.575. The van der Waals surface area contributed by atoms with Crippen LogP contribution in [0, 0.1) is 16.7 Å². The second-order valence-electron chi connectivity index (χ2n) is 7.15. The van der Waals surface area contributed by atoms with E-state index in [1.165, 1.54) is 0 Å². The van der Waals surface area contributed by atoms with Crippen molar-refractivity contribution in [3.05, 3.63) is 64.6 Å². The third-order valence-electron chi connectivity index (χ3n) is 4.87. The molecular formula is C19H8F15N3. The number of hydrogen-bond donors (Lipinski definition) is 1. The number of hydrogen-bond acceptors (Lipinski definition) is 3. The third-order valence-corrected chi connectivity index (χ3v) is 4.87. The van der Waals surface area contributed by atoms with Gasteiger partial charge < -0.3 is 5.73 Å². The molecule has 1 aromatic carbocycles. The van der Waals surface area contributed by atoms with E-state index in [-0.39, 0.29) is 6.07 Å². The van der Waals surface area contributed by atoms with Crippen LogP contribution in [0.15, 0.2) is 59.1 Å². The van der Waals surface area contributed by atoms with Crippen LogP contribution in [-0.4, -0.2) is 24.7 Å². The normalized spacial score (nSPS) is 17.4. The molecular weight excluding hydrogens is 555 g/mol. The van der Waals surface area contributed by atoms with Crippen LogP contribution in [0.3, 0.4) is 0 Å². The lowest BCUT2D eigenvalue weighted by Gasteiger charge is -2.42. The Hall–Kier alpha value is -3.52. The highest BCUT2D eigenvalue weighted by molar-refractivity contribution is 5.70. The minimum absolute atomic E-state index is 0.166. The van der Waals surface area contributed by atoms with E-state index >= 15 is 0 Å². The van der Waals surface area contributed by atoms with Crippen molar-refractivity contribution in [1.82, 2.24) is 0 Å². The minimum Gasteiger partial charge on any atom is -0.384 e. The predicted octanol–water partition coefficient (Wildman–Crippen LogP) is 7.27. The number of nitrogens with zero attached hydrogens (tertiary/aromatic N) is 2. The van der Waals surface area contributed by atoms with Gasteiger partial charge in [-0.2, -0.15) is 71.1 Å². The van der Waals surface area contributed by atoms with Gasteiger partial charge >= 0.3 is 30.9 Å². The molecule has 0 aromatic heterocycles. The Morgan fingerprint density at radius 2 is 1.27 bits per heavy atom. The number of anilines is 1. The van der Waals surface area contributed by atoms with Gasteiger partial charge in [0.1, 0.15) is 17.5 Å². The van der Waals surface area contributed by atoms with E-state index in [1.807, 2.05) is 0 Å². The number of benzene rings is 1. The molecule has 0 saturated carbocycles. The summed E-state index contributed by atoms with van der Waals surface area (Å²) in [7, 11) is 0. The largest absolute Gasteiger partial charge is 0.421 e. The highest BCUT2D eigenvalue weighted by atomic mass is 19.4. The summed E-state index contributed by atoms with van der Waals surface area (Å²) >= 11 is 0. The highest BCUT2D eigenvalue weighted by Gasteiger charge is 2.74. The molecule has 1 aliphatic heterocycles. The summed E-state index contributed by atoms with van der Waals surface area (Å²) in [5.74, 6) is -2.15. The molecule has 0 radical (unpaired) electrons. The molecule has 18 heteroatoms. The van der Waals surface area contributed by atoms with Crippen molar-refractivity contribution in [2.24, 2.45) is 11.1 Å². The standard InChI is InChI=1S/C19H8F15N3/c20-15(21,22)9-3-1-2-4-11(9)37-8(5-12(16(23,24)25)17(26,27)28)6-14(18(29,30)31,19(32,33)34)10(7-35)13(37)36/h1-6H,36H2. The van der Waals surface area contributed by atoms with E-state index in [0.29, 0.717) is 24.3 Å². The van der Waals surface area contributed by atoms with Gasteiger partial charge in [0.15, 0.2) is 0 Å². The van der Waals surface area contributed by atoms with Gasteiger partial charge in [0.05, 0.1) is 16.8 Å². The summed E-state index contributed by atoms with van der Waals surface area (Å²) in [5.41, 5.74) is -12.4. The molecule has 204 valence electrons. The Bertz CT molecular complexity index is 1150. The molecule has 0 atom stereocenters. The highest BCUT2D eigenvalue weighted by Crippen LogP contribution is 2.59. The summed E-state index contributed by atoms with van der Waals surface area (Å²) in [6.07, 6.45) is -34.2. The van der Waals surface area contributed by atoms with Crippen LogP contribution < -0.4 is 10.6 Å². The van der Waals surface area contributed by atoms with Crippen LogP contribution in [-0.2, 0) is 6.18 Å². The summed E-state index contributed by atoms with van der Waals surface area (Å²) < 4.78 is 202. The molecule has 0 fully saturated rings. The average Bonchev–Trinajstić information content (AvgIpc) is 2.67. The van der Waals surface area contributed by atoms with E-state index in [9.17, 15) is 65.9 Å². The first-order chi connectivity index (χ1) is 16.4. The van der Waals surface area contributed by atoms with Gasteiger partial charge in [-0.1, -0.05) is 12.1 Å². The molecule has 2 rings (SSSR count). The van der Waals surface area contributed by atoms with Crippen molar-refractivity contribution in [2.75, 3.05) is 4.90 Å². The molecule has 3 nitrogen and oxygen atoms in total. The Balaban J connectivity index is 3.21. The van der Waals surface area contributed by atoms with Gasteiger partial charge in [0.2, 0.25) is 5.41 Å². The lowest BCUT2D eigenvalue weighted by Crippen LogP contribution is -2.54. The number of para-hydroxylation sites is 1. The Morgan fingerprint density at radius 3 is 1.65 bits per heavy atom. The van der Waals surface area contributed by atoms with Crippen LogP contribution in [0.2, 0.25) is 0 Å². The molecule has 1 aromatic rings. The minimum atomic E-state index is -6.66. The van der Waals surface area contributed by atoms with E-state index in [4.69, 9.17) is 11.0 Å². The SMILES string of the molecule is N#CC1=C(N)N(c2ccccc2C(F)(F)F)C(C=C(C(F)(F)F)C(F)(F)F)=CC1(C(F)(F)F)C(F)(F)F. The zero-order valence-corrected chi connectivity index (χ0v) is 17.1. The van der Waals surface area contributed by atoms with E-state index in [0.717, 1.165) is 0 Å². The van der Waals surface area contributed by atoms with Crippen molar-refractivity contribution in [2.45, 2.75) is 30.9 Å².